The third-order valence-corrected chi connectivity index (χ3v) is 5.19. The van der Waals surface area contributed by atoms with Crippen LogP contribution in [0.2, 0.25) is 0 Å². The summed E-state index contributed by atoms with van der Waals surface area (Å²) in [6, 6.07) is 0. The lowest BCUT2D eigenvalue weighted by molar-refractivity contribution is 0.215. The lowest BCUT2D eigenvalue weighted by atomic mass is 9.76. The van der Waals surface area contributed by atoms with Gasteiger partial charge in [0, 0.05) is 0 Å². The van der Waals surface area contributed by atoms with Gasteiger partial charge in [-0.15, -0.1) is 13.2 Å². The van der Waals surface area contributed by atoms with Crippen molar-refractivity contribution in [1.29, 1.82) is 0 Å². The third-order valence-electron chi connectivity index (χ3n) is 5.19. The largest absolute Gasteiger partial charge is 0.103 e. The Balaban J connectivity index is 1.92. The molecule has 0 nitrogen and oxygen atoms in total. The van der Waals surface area contributed by atoms with E-state index in [1.165, 1.54) is 25.7 Å². The van der Waals surface area contributed by atoms with Gasteiger partial charge in [0.05, 0.1) is 0 Å². The SMILES string of the molecule is C=CC1CC(C=C)C2C3CCC(C3)C12. The fourth-order valence-corrected chi connectivity index (χ4v) is 4.79. The molecule has 0 aromatic rings. The van der Waals surface area contributed by atoms with Crippen molar-refractivity contribution in [2.24, 2.45) is 35.5 Å². The highest BCUT2D eigenvalue weighted by atomic mass is 14.6. The van der Waals surface area contributed by atoms with Crippen LogP contribution in [0.25, 0.3) is 0 Å². The van der Waals surface area contributed by atoms with Crippen molar-refractivity contribution in [3.63, 3.8) is 0 Å². The molecular formula is C14H20. The molecule has 3 aliphatic carbocycles. The second-order valence-corrected chi connectivity index (χ2v) is 5.52. The molecule has 0 N–H and O–H groups in total. The maximum atomic E-state index is 4.02. The van der Waals surface area contributed by atoms with Gasteiger partial charge in [0.15, 0.2) is 0 Å². The van der Waals surface area contributed by atoms with E-state index < -0.39 is 0 Å². The summed E-state index contributed by atoms with van der Waals surface area (Å²) >= 11 is 0. The second kappa shape index (κ2) is 2.98. The summed E-state index contributed by atoms with van der Waals surface area (Å²) in [5.41, 5.74) is 0. The van der Waals surface area contributed by atoms with Crippen LogP contribution in [-0.2, 0) is 0 Å². The number of fused-ring (bicyclic) bond motifs is 5. The van der Waals surface area contributed by atoms with Crippen molar-refractivity contribution in [2.75, 3.05) is 0 Å². The van der Waals surface area contributed by atoms with Crippen LogP contribution in [0.15, 0.2) is 25.3 Å². The van der Waals surface area contributed by atoms with Crippen LogP contribution in [0, 0.1) is 35.5 Å². The highest BCUT2D eigenvalue weighted by Gasteiger charge is 2.55. The Morgan fingerprint density at radius 1 is 0.786 bits per heavy atom. The molecule has 3 rings (SSSR count). The van der Waals surface area contributed by atoms with Crippen LogP contribution in [-0.4, -0.2) is 0 Å². The van der Waals surface area contributed by atoms with E-state index in [0.29, 0.717) is 0 Å². The van der Waals surface area contributed by atoms with E-state index >= 15 is 0 Å². The zero-order valence-corrected chi connectivity index (χ0v) is 8.86. The minimum atomic E-state index is 0.804. The zero-order chi connectivity index (χ0) is 9.71. The quantitative estimate of drug-likeness (QED) is 0.580. The van der Waals surface area contributed by atoms with E-state index in [-0.39, 0.29) is 0 Å². The van der Waals surface area contributed by atoms with E-state index in [4.69, 9.17) is 0 Å². The van der Waals surface area contributed by atoms with Gasteiger partial charge < -0.3 is 0 Å². The Kier molecular flexibility index (Phi) is 1.87. The molecule has 6 atom stereocenters. The van der Waals surface area contributed by atoms with Gasteiger partial charge in [-0.3, -0.25) is 0 Å². The van der Waals surface area contributed by atoms with Crippen LogP contribution in [0.3, 0.4) is 0 Å². The molecule has 6 unspecified atom stereocenters. The predicted molar refractivity (Wildman–Crippen MR) is 59.8 cm³/mol. The number of allylic oxidation sites excluding steroid dienone is 2. The zero-order valence-electron chi connectivity index (χ0n) is 8.86. The van der Waals surface area contributed by atoms with Crippen LogP contribution in [0.5, 0.6) is 0 Å². The van der Waals surface area contributed by atoms with Crippen molar-refractivity contribution in [3.8, 4) is 0 Å². The second-order valence-electron chi connectivity index (χ2n) is 5.52. The van der Waals surface area contributed by atoms with Gasteiger partial charge in [-0.2, -0.15) is 0 Å². The fraction of sp³-hybridized carbons (Fsp3) is 0.714. The summed E-state index contributed by atoms with van der Waals surface area (Å²) in [7, 11) is 0. The molecule has 0 radical (unpaired) electrons. The maximum absolute atomic E-state index is 4.02. The fourth-order valence-electron chi connectivity index (χ4n) is 4.79. The molecular weight excluding hydrogens is 168 g/mol. The monoisotopic (exact) mass is 188 g/mol. The Hall–Kier alpha value is -0.520. The summed E-state index contributed by atoms with van der Waals surface area (Å²) in [4.78, 5) is 0. The van der Waals surface area contributed by atoms with Gasteiger partial charge in [0.2, 0.25) is 0 Å². The first-order valence-corrected chi connectivity index (χ1v) is 6.10. The van der Waals surface area contributed by atoms with Crippen LogP contribution >= 0.6 is 0 Å². The molecule has 3 aliphatic rings. The lowest BCUT2D eigenvalue weighted by Crippen LogP contribution is -2.23. The van der Waals surface area contributed by atoms with Crippen molar-refractivity contribution in [3.05, 3.63) is 25.3 Å². The predicted octanol–water partition coefficient (Wildman–Crippen LogP) is 3.66. The summed E-state index contributed by atoms with van der Waals surface area (Å²) in [6.45, 7) is 8.04. The van der Waals surface area contributed by atoms with Crippen LogP contribution in [0.1, 0.15) is 25.7 Å². The van der Waals surface area contributed by atoms with Crippen LogP contribution in [0.4, 0.5) is 0 Å². The smallest absolute Gasteiger partial charge is 0.0197 e. The molecule has 0 aromatic carbocycles. The standard InChI is InChI=1S/C14H20/c1-3-9-7-10(4-2)14-12-6-5-11(8-12)13(9)14/h3-4,9-14H,1-2,5-8H2. The summed E-state index contributed by atoms with van der Waals surface area (Å²) in [5.74, 6) is 5.65. The summed E-state index contributed by atoms with van der Waals surface area (Å²) in [6.07, 6.45) is 10.3. The Bertz CT molecular complexity index is 239. The minimum Gasteiger partial charge on any atom is -0.103 e. The average molecular weight is 188 g/mol. The van der Waals surface area contributed by atoms with Crippen molar-refractivity contribution >= 4 is 0 Å². The van der Waals surface area contributed by atoms with Crippen molar-refractivity contribution < 1.29 is 0 Å². The van der Waals surface area contributed by atoms with E-state index in [0.717, 1.165) is 35.5 Å². The van der Waals surface area contributed by atoms with Crippen LogP contribution < -0.4 is 0 Å². The molecule has 14 heavy (non-hydrogen) atoms. The summed E-state index contributed by atoms with van der Waals surface area (Å²) in [5, 5.41) is 0. The van der Waals surface area contributed by atoms with Crippen molar-refractivity contribution in [1.82, 2.24) is 0 Å². The van der Waals surface area contributed by atoms with Gasteiger partial charge in [-0.1, -0.05) is 12.2 Å². The van der Waals surface area contributed by atoms with Gasteiger partial charge in [-0.05, 0) is 61.2 Å². The molecule has 0 saturated heterocycles. The van der Waals surface area contributed by atoms with Crippen molar-refractivity contribution in [2.45, 2.75) is 25.7 Å². The first kappa shape index (κ1) is 8.76. The molecule has 0 amide bonds. The summed E-state index contributed by atoms with van der Waals surface area (Å²) < 4.78 is 0. The van der Waals surface area contributed by atoms with E-state index in [2.05, 4.69) is 25.3 Å². The molecule has 3 saturated carbocycles. The molecule has 0 aromatic heterocycles. The number of hydrogen-bond acceptors (Lipinski definition) is 0. The number of rotatable bonds is 2. The molecule has 76 valence electrons. The molecule has 0 heteroatoms. The topological polar surface area (TPSA) is 0 Å². The van der Waals surface area contributed by atoms with E-state index in [9.17, 15) is 0 Å². The minimum absolute atomic E-state index is 0.804. The highest BCUT2D eigenvalue weighted by Crippen LogP contribution is 2.63. The Morgan fingerprint density at radius 2 is 1.29 bits per heavy atom. The Morgan fingerprint density at radius 3 is 1.71 bits per heavy atom. The van der Waals surface area contributed by atoms with Gasteiger partial charge in [-0.25, -0.2) is 0 Å². The first-order chi connectivity index (χ1) is 6.85. The first-order valence-electron chi connectivity index (χ1n) is 6.10. The van der Waals surface area contributed by atoms with Gasteiger partial charge in [0.25, 0.3) is 0 Å². The number of hydrogen-bond donors (Lipinski definition) is 0. The average Bonchev–Trinajstić information content (AvgIpc) is 2.88. The maximum Gasteiger partial charge on any atom is -0.0197 e. The van der Waals surface area contributed by atoms with E-state index in [1.54, 1.807) is 0 Å². The van der Waals surface area contributed by atoms with Gasteiger partial charge in [0.1, 0.15) is 0 Å². The molecule has 0 aliphatic heterocycles. The van der Waals surface area contributed by atoms with E-state index in [1.807, 2.05) is 0 Å². The molecule has 0 heterocycles. The third kappa shape index (κ3) is 0.947. The molecule has 3 fully saturated rings. The normalized spacial score (nSPS) is 54.6. The Labute approximate surface area is 87.1 Å². The molecule has 0 spiro atoms. The lowest BCUT2D eigenvalue weighted by Gasteiger charge is -2.29. The molecule has 2 bridgehead atoms. The van der Waals surface area contributed by atoms with Gasteiger partial charge >= 0.3 is 0 Å². The highest BCUT2D eigenvalue weighted by molar-refractivity contribution is 5.11.